The van der Waals surface area contributed by atoms with Crippen LogP contribution in [0.25, 0.3) is 17.1 Å². The first kappa shape index (κ1) is 11.5. The molecule has 4 nitrogen and oxygen atoms in total. The first-order chi connectivity index (χ1) is 9.38. The summed E-state index contributed by atoms with van der Waals surface area (Å²) in [7, 11) is 1.66. The first-order valence-electron chi connectivity index (χ1n) is 5.99. The van der Waals surface area contributed by atoms with Crippen molar-refractivity contribution in [3.05, 3.63) is 60.9 Å². The van der Waals surface area contributed by atoms with Gasteiger partial charge in [0, 0.05) is 18.0 Å². The highest BCUT2D eigenvalue weighted by Crippen LogP contribution is 2.28. The SMILES string of the molecule is COc1ccccc1-c1ccn(-c2ccccn2)n1. The molecular formula is C15H13N3O. The smallest absolute Gasteiger partial charge is 0.153 e. The van der Waals surface area contributed by atoms with Crippen molar-refractivity contribution in [2.75, 3.05) is 7.11 Å². The van der Waals surface area contributed by atoms with Gasteiger partial charge in [0.25, 0.3) is 0 Å². The van der Waals surface area contributed by atoms with Gasteiger partial charge in [-0.15, -0.1) is 0 Å². The molecular weight excluding hydrogens is 238 g/mol. The van der Waals surface area contributed by atoms with E-state index in [1.165, 1.54) is 0 Å². The van der Waals surface area contributed by atoms with E-state index < -0.39 is 0 Å². The topological polar surface area (TPSA) is 39.9 Å². The summed E-state index contributed by atoms with van der Waals surface area (Å²) < 4.78 is 7.10. The molecule has 0 saturated carbocycles. The molecule has 0 spiro atoms. The van der Waals surface area contributed by atoms with Gasteiger partial charge in [0.2, 0.25) is 0 Å². The van der Waals surface area contributed by atoms with Crippen molar-refractivity contribution in [2.24, 2.45) is 0 Å². The molecule has 0 aliphatic rings. The van der Waals surface area contributed by atoms with Crippen molar-refractivity contribution in [3.8, 4) is 22.8 Å². The van der Waals surface area contributed by atoms with Crippen molar-refractivity contribution < 1.29 is 4.74 Å². The average Bonchev–Trinajstić information content (AvgIpc) is 2.98. The Morgan fingerprint density at radius 1 is 1.00 bits per heavy atom. The number of para-hydroxylation sites is 1. The largest absolute Gasteiger partial charge is 0.496 e. The highest BCUT2D eigenvalue weighted by atomic mass is 16.5. The Hall–Kier alpha value is -2.62. The molecule has 0 unspecified atom stereocenters. The fourth-order valence-electron chi connectivity index (χ4n) is 1.94. The minimum atomic E-state index is 0.795. The Morgan fingerprint density at radius 2 is 1.84 bits per heavy atom. The van der Waals surface area contributed by atoms with Gasteiger partial charge in [-0.25, -0.2) is 9.67 Å². The van der Waals surface area contributed by atoms with Crippen LogP contribution in [0.15, 0.2) is 60.9 Å². The maximum atomic E-state index is 5.35. The number of nitrogens with zero attached hydrogens (tertiary/aromatic N) is 3. The molecule has 0 radical (unpaired) electrons. The van der Waals surface area contributed by atoms with E-state index in [0.717, 1.165) is 22.8 Å². The number of ether oxygens (including phenoxy) is 1. The third-order valence-corrected chi connectivity index (χ3v) is 2.86. The highest BCUT2D eigenvalue weighted by molar-refractivity contribution is 5.66. The molecule has 2 aromatic heterocycles. The first-order valence-corrected chi connectivity index (χ1v) is 5.99. The summed E-state index contributed by atoms with van der Waals surface area (Å²) in [5.41, 5.74) is 1.84. The lowest BCUT2D eigenvalue weighted by Gasteiger charge is -2.05. The van der Waals surface area contributed by atoms with Gasteiger partial charge in [-0.3, -0.25) is 0 Å². The lowest BCUT2D eigenvalue weighted by atomic mass is 10.1. The predicted molar refractivity (Wildman–Crippen MR) is 73.3 cm³/mol. The molecule has 2 heterocycles. The minimum absolute atomic E-state index is 0.795. The van der Waals surface area contributed by atoms with Gasteiger partial charge in [-0.2, -0.15) is 5.10 Å². The van der Waals surface area contributed by atoms with Crippen LogP contribution in [-0.4, -0.2) is 21.9 Å². The second-order valence-electron chi connectivity index (χ2n) is 4.03. The maximum Gasteiger partial charge on any atom is 0.153 e. The second-order valence-corrected chi connectivity index (χ2v) is 4.03. The summed E-state index contributed by atoms with van der Waals surface area (Å²) in [6.45, 7) is 0. The Labute approximate surface area is 111 Å². The van der Waals surface area contributed by atoms with Crippen molar-refractivity contribution in [2.45, 2.75) is 0 Å². The van der Waals surface area contributed by atoms with Gasteiger partial charge in [0.1, 0.15) is 5.75 Å². The number of hydrogen-bond acceptors (Lipinski definition) is 3. The van der Waals surface area contributed by atoms with Crippen LogP contribution in [0.3, 0.4) is 0 Å². The molecule has 0 bridgehead atoms. The molecule has 19 heavy (non-hydrogen) atoms. The fraction of sp³-hybridized carbons (Fsp3) is 0.0667. The van der Waals surface area contributed by atoms with E-state index in [1.807, 2.05) is 54.7 Å². The van der Waals surface area contributed by atoms with Gasteiger partial charge >= 0.3 is 0 Å². The Bertz CT molecular complexity index is 677. The number of pyridine rings is 1. The molecule has 0 atom stereocenters. The molecule has 94 valence electrons. The van der Waals surface area contributed by atoms with E-state index in [1.54, 1.807) is 18.0 Å². The summed E-state index contributed by atoms with van der Waals surface area (Å²) in [4.78, 5) is 4.27. The summed E-state index contributed by atoms with van der Waals surface area (Å²) in [5.74, 6) is 1.61. The van der Waals surface area contributed by atoms with Crippen molar-refractivity contribution in [1.29, 1.82) is 0 Å². The van der Waals surface area contributed by atoms with Crippen molar-refractivity contribution >= 4 is 0 Å². The molecule has 3 rings (SSSR count). The summed E-state index contributed by atoms with van der Waals surface area (Å²) in [6.07, 6.45) is 3.64. The molecule has 3 aromatic rings. The number of aromatic nitrogens is 3. The zero-order chi connectivity index (χ0) is 13.1. The van der Waals surface area contributed by atoms with Crippen LogP contribution < -0.4 is 4.74 Å². The van der Waals surface area contributed by atoms with Crippen LogP contribution in [0.4, 0.5) is 0 Å². The lowest BCUT2D eigenvalue weighted by molar-refractivity contribution is 0.416. The summed E-state index contributed by atoms with van der Waals surface area (Å²) >= 11 is 0. The van der Waals surface area contributed by atoms with E-state index >= 15 is 0 Å². The normalized spacial score (nSPS) is 10.4. The van der Waals surface area contributed by atoms with Gasteiger partial charge in [-0.1, -0.05) is 18.2 Å². The van der Waals surface area contributed by atoms with E-state index in [9.17, 15) is 0 Å². The Balaban J connectivity index is 2.02. The van der Waals surface area contributed by atoms with Crippen LogP contribution in [0.5, 0.6) is 5.75 Å². The molecule has 4 heteroatoms. The number of rotatable bonds is 3. The Kier molecular flexibility index (Phi) is 2.98. The zero-order valence-electron chi connectivity index (χ0n) is 10.5. The third-order valence-electron chi connectivity index (χ3n) is 2.86. The van der Waals surface area contributed by atoms with E-state index in [4.69, 9.17) is 4.74 Å². The zero-order valence-corrected chi connectivity index (χ0v) is 10.5. The van der Waals surface area contributed by atoms with Gasteiger partial charge in [0.05, 0.1) is 12.8 Å². The number of hydrogen-bond donors (Lipinski definition) is 0. The summed E-state index contributed by atoms with van der Waals surface area (Å²) in [5, 5.41) is 4.53. The van der Waals surface area contributed by atoms with Gasteiger partial charge < -0.3 is 4.74 Å². The molecule has 0 amide bonds. The quantitative estimate of drug-likeness (QED) is 0.718. The number of benzene rings is 1. The van der Waals surface area contributed by atoms with Gasteiger partial charge in [0.15, 0.2) is 5.82 Å². The fourth-order valence-corrected chi connectivity index (χ4v) is 1.94. The maximum absolute atomic E-state index is 5.35. The van der Waals surface area contributed by atoms with Crippen LogP contribution in [0.2, 0.25) is 0 Å². The van der Waals surface area contributed by atoms with Crippen LogP contribution in [-0.2, 0) is 0 Å². The molecule has 0 saturated heterocycles. The monoisotopic (exact) mass is 251 g/mol. The second kappa shape index (κ2) is 4.94. The summed E-state index contributed by atoms with van der Waals surface area (Å²) in [6, 6.07) is 15.5. The van der Waals surface area contributed by atoms with Crippen LogP contribution in [0, 0.1) is 0 Å². The van der Waals surface area contributed by atoms with Gasteiger partial charge in [-0.05, 0) is 30.3 Å². The Morgan fingerprint density at radius 3 is 2.63 bits per heavy atom. The van der Waals surface area contributed by atoms with Crippen LogP contribution in [0.1, 0.15) is 0 Å². The number of methoxy groups -OCH3 is 1. The van der Waals surface area contributed by atoms with Crippen molar-refractivity contribution in [1.82, 2.24) is 14.8 Å². The molecule has 0 aliphatic heterocycles. The average molecular weight is 251 g/mol. The molecule has 0 N–H and O–H groups in total. The predicted octanol–water partition coefficient (Wildman–Crippen LogP) is 2.94. The molecule has 0 fully saturated rings. The minimum Gasteiger partial charge on any atom is -0.496 e. The van der Waals surface area contributed by atoms with E-state index in [-0.39, 0.29) is 0 Å². The van der Waals surface area contributed by atoms with Crippen molar-refractivity contribution in [3.63, 3.8) is 0 Å². The highest BCUT2D eigenvalue weighted by Gasteiger charge is 2.08. The standard InChI is InChI=1S/C15H13N3O/c1-19-14-7-3-2-6-12(14)13-9-11-18(17-13)15-8-4-5-10-16-15/h2-11H,1H3. The molecule has 0 aliphatic carbocycles. The lowest BCUT2D eigenvalue weighted by Crippen LogP contribution is -1.97. The third kappa shape index (κ3) is 2.20. The molecule has 1 aromatic carbocycles. The van der Waals surface area contributed by atoms with E-state index in [0.29, 0.717) is 0 Å². The van der Waals surface area contributed by atoms with Crippen LogP contribution >= 0.6 is 0 Å². The van der Waals surface area contributed by atoms with E-state index in [2.05, 4.69) is 10.1 Å².